The van der Waals surface area contributed by atoms with Gasteiger partial charge in [0.25, 0.3) is 0 Å². The Morgan fingerprint density at radius 3 is 2.62 bits per heavy atom. The Kier molecular flexibility index (Phi) is 3.36. The summed E-state index contributed by atoms with van der Waals surface area (Å²) in [6, 6.07) is 0. The molecule has 1 fully saturated rings. The zero-order valence-corrected chi connectivity index (χ0v) is 11.6. The minimum Gasteiger partial charge on any atom is -0.307 e. The molecule has 1 aliphatic rings. The van der Waals surface area contributed by atoms with Gasteiger partial charge < -0.3 is 5.32 Å². The highest BCUT2D eigenvalue weighted by Gasteiger charge is 2.23. The van der Waals surface area contributed by atoms with Crippen molar-refractivity contribution in [1.29, 1.82) is 0 Å². The van der Waals surface area contributed by atoms with Crippen LogP contribution < -0.4 is 5.32 Å². The van der Waals surface area contributed by atoms with E-state index in [1.165, 1.54) is 34.8 Å². The Labute approximate surface area is 102 Å². The molecule has 0 atom stereocenters. The second-order valence-electron chi connectivity index (χ2n) is 5.87. The monoisotopic (exact) mass is 238 g/mol. The van der Waals surface area contributed by atoms with E-state index in [4.69, 9.17) is 0 Å². The van der Waals surface area contributed by atoms with Gasteiger partial charge in [-0.25, -0.2) is 4.98 Å². The molecule has 16 heavy (non-hydrogen) atoms. The van der Waals surface area contributed by atoms with Crippen LogP contribution in [-0.4, -0.2) is 10.5 Å². The Morgan fingerprint density at radius 1 is 1.38 bits per heavy atom. The third-order valence-electron chi connectivity index (χ3n) is 2.88. The fraction of sp³-hybridized carbons (Fsp3) is 0.769. The van der Waals surface area contributed by atoms with Gasteiger partial charge in [-0.2, -0.15) is 0 Å². The van der Waals surface area contributed by atoms with Crippen molar-refractivity contribution in [3.63, 3.8) is 0 Å². The number of aromatic nitrogens is 1. The van der Waals surface area contributed by atoms with E-state index in [9.17, 15) is 0 Å². The normalized spacial score (nSPS) is 16.8. The fourth-order valence-electron chi connectivity index (χ4n) is 1.65. The lowest BCUT2D eigenvalue weighted by Crippen LogP contribution is -2.34. The summed E-state index contributed by atoms with van der Waals surface area (Å²) in [6.45, 7) is 9.70. The SMILES string of the molecule is Cc1nc(CC2CC2)sc1CNC(C)(C)C. The van der Waals surface area contributed by atoms with Crippen LogP contribution in [0.5, 0.6) is 0 Å². The molecule has 0 saturated heterocycles. The smallest absolute Gasteiger partial charge is 0.0934 e. The van der Waals surface area contributed by atoms with Crippen molar-refractivity contribution in [2.24, 2.45) is 5.92 Å². The molecular weight excluding hydrogens is 216 g/mol. The van der Waals surface area contributed by atoms with Crippen LogP contribution in [-0.2, 0) is 13.0 Å². The van der Waals surface area contributed by atoms with E-state index in [0.717, 1.165) is 12.5 Å². The van der Waals surface area contributed by atoms with E-state index in [-0.39, 0.29) is 5.54 Å². The highest BCUT2D eigenvalue weighted by molar-refractivity contribution is 7.11. The van der Waals surface area contributed by atoms with Crippen molar-refractivity contribution in [3.8, 4) is 0 Å². The standard InChI is InChI=1S/C13H22N2S/c1-9-11(8-14-13(2,3)4)16-12(15-9)7-10-5-6-10/h10,14H,5-8H2,1-4H3. The predicted molar refractivity (Wildman–Crippen MR) is 69.9 cm³/mol. The van der Waals surface area contributed by atoms with Gasteiger partial charge in [0, 0.05) is 23.4 Å². The lowest BCUT2D eigenvalue weighted by Gasteiger charge is -2.19. The summed E-state index contributed by atoms with van der Waals surface area (Å²) in [4.78, 5) is 6.08. The molecule has 0 unspecified atom stereocenters. The molecule has 90 valence electrons. The molecule has 1 aromatic heterocycles. The van der Waals surface area contributed by atoms with E-state index < -0.39 is 0 Å². The van der Waals surface area contributed by atoms with Gasteiger partial charge in [0.1, 0.15) is 0 Å². The van der Waals surface area contributed by atoms with Crippen LogP contribution in [0.15, 0.2) is 0 Å². The van der Waals surface area contributed by atoms with Crippen LogP contribution in [0.3, 0.4) is 0 Å². The molecule has 1 saturated carbocycles. The van der Waals surface area contributed by atoms with Crippen molar-refractivity contribution >= 4 is 11.3 Å². The van der Waals surface area contributed by atoms with Crippen LogP contribution in [0.1, 0.15) is 49.2 Å². The molecule has 0 bridgehead atoms. The Bertz CT molecular complexity index is 358. The van der Waals surface area contributed by atoms with Crippen LogP contribution in [0.2, 0.25) is 0 Å². The second-order valence-corrected chi connectivity index (χ2v) is 7.04. The van der Waals surface area contributed by atoms with Crippen LogP contribution in [0.25, 0.3) is 0 Å². The lowest BCUT2D eigenvalue weighted by molar-refractivity contribution is 0.425. The van der Waals surface area contributed by atoms with Crippen molar-refractivity contribution in [2.75, 3.05) is 0 Å². The quantitative estimate of drug-likeness (QED) is 0.870. The van der Waals surface area contributed by atoms with E-state index in [2.05, 4.69) is 38.0 Å². The zero-order valence-electron chi connectivity index (χ0n) is 10.8. The largest absolute Gasteiger partial charge is 0.307 e. The number of hydrogen-bond acceptors (Lipinski definition) is 3. The number of thiazole rings is 1. The van der Waals surface area contributed by atoms with E-state index >= 15 is 0 Å². The summed E-state index contributed by atoms with van der Waals surface area (Å²) in [5, 5.41) is 4.87. The van der Waals surface area contributed by atoms with E-state index in [0.29, 0.717) is 0 Å². The van der Waals surface area contributed by atoms with Crippen LogP contribution in [0.4, 0.5) is 0 Å². The second kappa shape index (κ2) is 4.46. The number of nitrogens with zero attached hydrogens (tertiary/aromatic N) is 1. The molecule has 0 amide bonds. The molecule has 1 heterocycles. The summed E-state index contributed by atoms with van der Waals surface area (Å²) >= 11 is 1.89. The Morgan fingerprint density at radius 2 is 2.06 bits per heavy atom. The number of aryl methyl sites for hydroxylation is 1. The molecule has 1 N–H and O–H groups in total. The minimum absolute atomic E-state index is 0.188. The highest BCUT2D eigenvalue weighted by Crippen LogP contribution is 2.34. The molecule has 0 radical (unpaired) electrons. The topological polar surface area (TPSA) is 24.9 Å². The Hall–Kier alpha value is -0.410. The molecule has 1 aliphatic carbocycles. The third kappa shape index (κ3) is 3.56. The van der Waals surface area contributed by atoms with Crippen molar-refractivity contribution in [2.45, 2.75) is 59.0 Å². The molecule has 2 rings (SSSR count). The molecule has 3 heteroatoms. The van der Waals surface area contributed by atoms with E-state index in [1.807, 2.05) is 11.3 Å². The summed E-state index contributed by atoms with van der Waals surface area (Å²) in [7, 11) is 0. The first-order chi connectivity index (χ1) is 7.44. The lowest BCUT2D eigenvalue weighted by atomic mass is 10.1. The first-order valence-corrected chi connectivity index (χ1v) is 6.96. The van der Waals surface area contributed by atoms with Crippen LogP contribution in [0, 0.1) is 12.8 Å². The molecule has 0 aliphatic heterocycles. The first-order valence-electron chi connectivity index (χ1n) is 6.14. The van der Waals surface area contributed by atoms with E-state index in [1.54, 1.807) is 0 Å². The number of nitrogens with one attached hydrogen (secondary N) is 1. The maximum absolute atomic E-state index is 4.67. The third-order valence-corrected chi connectivity index (χ3v) is 4.06. The van der Waals surface area contributed by atoms with Gasteiger partial charge in [0.05, 0.1) is 10.7 Å². The van der Waals surface area contributed by atoms with Crippen molar-refractivity contribution in [3.05, 3.63) is 15.6 Å². The molecule has 0 spiro atoms. The first kappa shape index (κ1) is 12.1. The average Bonchev–Trinajstić information content (AvgIpc) is 2.87. The van der Waals surface area contributed by atoms with Gasteiger partial charge in [0.15, 0.2) is 0 Å². The van der Waals surface area contributed by atoms with Gasteiger partial charge in [-0.15, -0.1) is 11.3 Å². The summed E-state index contributed by atoms with van der Waals surface area (Å²) in [5.74, 6) is 0.939. The number of rotatable bonds is 4. The summed E-state index contributed by atoms with van der Waals surface area (Å²) in [5.41, 5.74) is 1.41. The fourth-order valence-corrected chi connectivity index (χ4v) is 2.78. The maximum Gasteiger partial charge on any atom is 0.0934 e. The minimum atomic E-state index is 0.188. The maximum atomic E-state index is 4.67. The van der Waals surface area contributed by atoms with Gasteiger partial charge >= 0.3 is 0 Å². The zero-order chi connectivity index (χ0) is 11.8. The number of hydrogen-bond donors (Lipinski definition) is 1. The molecule has 1 aromatic rings. The van der Waals surface area contributed by atoms with Gasteiger partial charge in [0.2, 0.25) is 0 Å². The predicted octanol–water partition coefficient (Wildman–Crippen LogP) is 3.29. The summed E-state index contributed by atoms with van der Waals surface area (Å²) in [6.07, 6.45) is 4.03. The average molecular weight is 238 g/mol. The molecule has 2 nitrogen and oxygen atoms in total. The molecule has 0 aromatic carbocycles. The molecular formula is C13H22N2S. The van der Waals surface area contributed by atoms with Gasteiger partial charge in [-0.3, -0.25) is 0 Å². The van der Waals surface area contributed by atoms with Crippen LogP contribution >= 0.6 is 11.3 Å². The van der Waals surface area contributed by atoms with Gasteiger partial charge in [-0.05, 0) is 46.5 Å². The van der Waals surface area contributed by atoms with Crippen molar-refractivity contribution < 1.29 is 0 Å². The summed E-state index contributed by atoms with van der Waals surface area (Å²) < 4.78 is 0. The van der Waals surface area contributed by atoms with Crippen molar-refractivity contribution in [1.82, 2.24) is 10.3 Å². The Balaban J connectivity index is 1.94. The highest BCUT2D eigenvalue weighted by atomic mass is 32.1. The van der Waals surface area contributed by atoms with Gasteiger partial charge in [-0.1, -0.05) is 0 Å².